The fraction of sp³-hybridized carbons (Fsp3) is 0.500. The van der Waals surface area contributed by atoms with E-state index in [-0.39, 0.29) is 35.7 Å². The van der Waals surface area contributed by atoms with Crippen LogP contribution in [0.3, 0.4) is 0 Å². The van der Waals surface area contributed by atoms with Crippen LogP contribution in [0.4, 0.5) is 4.39 Å². The third-order valence-electron chi connectivity index (χ3n) is 6.07. The highest BCUT2D eigenvalue weighted by atomic mass is 19.1. The lowest BCUT2D eigenvalue weighted by Gasteiger charge is -2.46. The summed E-state index contributed by atoms with van der Waals surface area (Å²) in [5, 5.41) is 7.15. The minimum Gasteiger partial charge on any atom is -0.375 e. The van der Waals surface area contributed by atoms with Gasteiger partial charge in [0.15, 0.2) is 0 Å². The molecule has 1 N–H and O–H groups in total. The van der Waals surface area contributed by atoms with Gasteiger partial charge in [0.1, 0.15) is 5.82 Å². The minimum atomic E-state index is -0.326. The summed E-state index contributed by atoms with van der Waals surface area (Å²) in [4.78, 5) is 26.9. The Labute approximate surface area is 175 Å². The van der Waals surface area contributed by atoms with Gasteiger partial charge in [-0.2, -0.15) is 5.10 Å². The first-order valence-corrected chi connectivity index (χ1v) is 10.4. The minimum absolute atomic E-state index is 0.00712. The molecule has 0 aliphatic carbocycles. The van der Waals surface area contributed by atoms with Gasteiger partial charge < -0.3 is 15.0 Å². The second kappa shape index (κ2) is 8.55. The molecule has 2 aromatic rings. The van der Waals surface area contributed by atoms with Crippen LogP contribution in [0.15, 0.2) is 36.7 Å². The quantitative estimate of drug-likeness (QED) is 0.831. The van der Waals surface area contributed by atoms with Gasteiger partial charge in [0.2, 0.25) is 5.91 Å². The van der Waals surface area contributed by atoms with Crippen LogP contribution in [0.2, 0.25) is 0 Å². The molecular weight excluding hydrogens is 387 g/mol. The summed E-state index contributed by atoms with van der Waals surface area (Å²) in [5.74, 6) is -0.437. The number of nitrogens with zero attached hydrogens (tertiary/aromatic N) is 3. The number of benzene rings is 1. The Morgan fingerprint density at radius 2 is 2.13 bits per heavy atom. The van der Waals surface area contributed by atoms with Crippen molar-refractivity contribution in [1.82, 2.24) is 20.0 Å². The van der Waals surface area contributed by atoms with Crippen molar-refractivity contribution in [2.75, 3.05) is 19.7 Å². The van der Waals surface area contributed by atoms with Crippen molar-refractivity contribution in [2.24, 2.45) is 7.05 Å². The smallest absolute Gasteiger partial charge is 0.254 e. The summed E-state index contributed by atoms with van der Waals surface area (Å²) >= 11 is 0. The number of nitrogens with one attached hydrogen (secondary N) is 1. The second-order valence-corrected chi connectivity index (χ2v) is 8.28. The van der Waals surface area contributed by atoms with Crippen LogP contribution in [0.1, 0.15) is 41.6 Å². The Kier molecular flexibility index (Phi) is 5.85. The van der Waals surface area contributed by atoms with Gasteiger partial charge in [-0.1, -0.05) is 12.1 Å². The molecule has 2 amide bonds. The number of rotatable bonds is 4. The SMILES string of the molecule is Cn1cc(C(=O)NC2CCOC3(CCN(C(=O)Cc4cccc(F)c4)CC3)C2)cn1. The van der Waals surface area contributed by atoms with E-state index < -0.39 is 0 Å². The van der Waals surface area contributed by atoms with E-state index in [1.54, 1.807) is 36.3 Å². The summed E-state index contributed by atoms with van der Waals surface area (Å²) in [5.41, 5.74) is 0.934. The molecule has 0 bridgehead atoms. The third kappa shape index (κ3) is 4.70. The van der Waals surface area contributed by atoms with Gasteiger partial charge in [0.05, 0.1) is 23.8 Å². The number of aryl methyl sites for hydroxylation is 1. The van der Waals surface area contributed by atoms with Gasteiger partial charge in [0, 0.05) is 39.0 Å². The van der Waals surface area contributed by atoms with Crippen molar-refractivity contribution >= 4 is 11.8 Å². The Balaban J connectivity index is 1.30. The molecule has 7 nitrogen and oxygen atoms in total. The molecule has 1 unspecified atom stereocenters. The first kappa shape index (κ1) is 20.5. The van der Waals surface area contributed by atoms with E-state index in [1.807, 2.05) is 4.90 Å². The highest BCUT2D eigenvalue weighted by molar-refractivity contribution is 5.93. The average molecular weight is 414 g/mol. The maximum Gasteiger partial charge on any atom is 0.254 e. The number of piperidine rings is 1. The molecule has 1 aromatic heterocycles. The lowest BCUT2D eigenvalue weighted by atomic mass is 9.82. The number of hydrogen-bond donors (Lipinski definition) is 1. The van der Waals surface area contributed by atoms with Gasteiger partial charge in [-0.05, 0) is 43.4 Å². The number of amides is 2. The van der Waals surface area contributed by atoms with Crippen molar-refractivity contribution in [3.05, 3.63) is 53.6 Å². The van der Waals surface area contributed by atoms with E-state index in [2.05, 4.69) is 10.4 Å². The van der Waals surface area contributed by atoms with E-state index in [0.717, 1.165) is 25.7 Å². The molecule has 1 atom stereocenters. The maximum atomic E-state index is 13.4. The van der Waals surface area contributed by atoms with Crippen molar-refractivity contribution < 1.29 is 18.7 Å². The number of halogens is 1. The normalized spacial score (nSPS) is 20.9. The number of aromatic nitrogens is 2. The van der Waals surface area contributed by atoms with Crippen LogP contribution in [0.25, 0.3) is 0 Å². The Morgan fingerprint density at radius 3 is 2.83 bits per heavy atom. The summed E-state index contributed by atoms with van der Waals surface area (Å²) in [6.45, 7) is 1.81. The molecule has 160 valence electrons. The lowest BCUT2D eigenvalue weighted by molar-refractivity contribution is -0.143. The molecule has 3 heterocycles. The van der Waals surface area contributed by atoms with Crippen molar-refractivity contribution in [3.63, 3.8) is 0 Å². The van der Waals surface area contributed by atoms with Gasteiger partial charge in [-0.15, -0.1) is 0 Å². The zero-order chi connectivity index (χ0) is 21.1. The Bertz CT molecular complexity index is 921. The standard InChI is InChI=1S/C22H27FN4O3/c1-26-15-17(14-24-26)21(29)25-19-5-10-30-22(13-19)6-8-27(9-7-22)20(28)12-16-3-2-4-18(23)11-16/h2-4,11,14-15,19H,5-10,12-13H2,1H3,(H,25,29). The summed E-state index contributed by atoms with van der Waals surface area (Å²) in [7, 11) is 1.78. The molecule has 1 aromatic carbocycles. The molecule has 4 rings (SSSR count). The highest BCUT2D eigenvalue weighted by Crippen LogP contribution is 2.35. The van der Waals surface area contributed by atoms with E-state index in [9.17, 15) is 14.0 Å². The second-order valence-electron chi connectivity index (χ2n) is 8.28. The van der Waals surface area contributed by atoms with Crippen molar-refractivity contribution in [2.45, 2.75) is 43.7 Å². The summed E-state index contributed by atoms with van der Waals surface area (Å²) < 4.78 is 21.1. The molecule has 8 heteroatoms. The molecule has 1 spiro atoms. The third-order valence-corrected chi connectivity index (χ3v) is 6.07. The first-order chi connectivity index (χ1) is 14.4. The van der Waals surface area contributed by atoms with Crippen LogP contribution >= 0.6 is 0 Å². The molecular formula is C22H27FN4O3. The Morgan fingerprint density at radius 1 is 1.33 bits per heavy atom. The molecule has 2 aliphatic heterocycles. The molecule has 2 fully saturated rings. The predicted octanol–water partition coefficient (Wildman–Crippen LogP) is 2.07. The molecule has 0 radical (unpaired) electrons. The zero-order valence-electron chi connectivity index (χ0n) is 17.1. The van der Waals surface area contributed by atoms with Crippen LogP contribution in [0.5, 0.6) is 0 Å². The fourth-order valence-corrected chi connectivity index (χ4v) is 4.40. The molecule has 2 aliphatic rings. The maximum absolute atomic E-state index is 13.4. The largest absolute Gasteiger partial charge is 0.375 e. The monoisotopic (exact) mass is 414 g/mol. The summed E-state index contributed by atoms with van der Waals surface area (Å²) in [6, 6.07) is 6.22. The van der Waals surface area contributed by atoms with Crippen molar-refractivity contribution in [3.8, 4) is 0 Å². The number of likely N-dealkylation sites (tertiary alicyclic amines) is 1. The average Bonchev–Trinajstić information content (AvgIpc) is 3.15. The van der Waals surface area contributed by atoms with Gasteiger partial charge in [-0.3, -0.25) is 14.3 Å². The number of carbonyl (C=O) groups is 2. The fourth-order valence-electron chi connectivity index (χ4n) is 4.40. The molecule has 0 saturated carbocycles. The molecule has 2 saturated heterocycles. The number of carbonyl (C=O) groups excluding carboxylic acids is 2. The van der Waals surface area contributed by atoms with E-state index in [4.69, 9.17) is 4.74 Å². The first-order valence-electron chi connectivity index (χ1n) is 10.4. The Hall–Kier alpha value is -2.74. The molecule has 30 heavy (non-hydrogen) atoms. The topological polar surface area (TPSA) is 76.5 Å². The van der Waals surface area contributed by atoms with Crippen molar-refractivity contribution in [1.29, 1.82) is 0 Å². The number of ether oxygens (including phenoxy) is 1. The van der Waals surface area contributed by atoms with Crippen LogP contribution in [-0.2, 0) is 23.0 Å². The summed E-state index contributed by atoms with van der Waals surface area (Å²) in [6.07, 6.45) is 6.46. The highest BCUT2D eigenvalue weighted by Gasteiger charge is 2.41. The van der Waals surface area contributed by atoms with Crippen LogP contribution in [0, 0.1) is 5.82 Å². The van der Waals surface area contributed by atoms with E-state index >= 15 is 0 Å². The lowest BCUT2D eigenvalue weighted by Crippen LogP contribution is -2.54. The van der Waals surface area contributed by atoms with E-state index in [0.29, 0.717) is 30.8 Å². The van der Waals surface area contributed by atoms with Crippen LogP contribution < -0.4 is 5.32 Å². The van der Waals surface area contributed by atoms with Crippen LogP contribution in [-0.4, -0.2) is 57.8 Å². The van der Waals surface area contributed by atoms with Gasteiger partial charge >= 0.3 is 0 Å². The number of hydrogen-bond acceptors (Lipinski definition) is 4. The zero-order valence-corrected chi connectivity index (χ0v) is 17.1. The van der Waals surface area contributed by atoms with Gasteiger partial charge in [0.25, 0.3) is 5.91 Å². The van der Waals surface area contributed by atoms with E-state index in [1.165, 1.54) is 12.1 Å². The predicted molar refractivity (Wildman–Crippen MR) is 108 cm³/mol. The van der Waals surface area contributed by atoms with Gasteiger partial charge in [-0.25, -0.2) is 4.39 Å².